The Morgan fingerprint density at radius 3 is 1.68 bits per heavy atom. The fraction of sp³-hybridized carbons (Fsp3) is 0.347. The number of hydrogen-bond donors (Lipinski definition) is 17. The Balaban J connectivity index is 1.30. The van der Waals surface area contributed by atoms with Gasteiger partial charge in [-0.05, 0) is 90.8 Å². The lowest BCUT2D eigenvalue weighted by atomic mass is 9.92. The van der Waals surface area contributed by atoms with E-state index in [4.69, 9.17) is 28.7 Å². The molecule has 0 saturated carbocycles. The number of aromatic amines is 1. The number of aromatic nitrogens is 2. The van der Waals surface area contributed by atoms with Gasteiger partial charge in [0.1, 0.15) is 65.9 Å². The monoisotopic (exact) mass is 1460 g/mol. The van der Waals surface area contributed by atoms with Crippen molar-refractivity contribution >= 4 is 82.8 Å². The zero-order valence-corrected chi connectivity index (χ0v) is 57.9. The second-order valence-electron chi connectivity index (χ2n) is 25.9. The fourth-order valence-electron chi connectivity index (χ4n) is 12.3. The van der Waals surface area contributed by atoms with Gasteiger partial charge >= 0.3 is 5.97 Å². The van der Waals surface area contributed by atoms with Crippen LogP contribution in [-0.2, 0) is 107 Å². The van der Waals surface area contributed by atoms with Gasteiger partial charge in [0.2, 0.25) is 76.5 Å². The van der Waals surface area contributed by atoms with Crippen LogP contribution in [0.4, 0.5) is 0 Å². The van der Waals surface area contributed by atoms with E-state index in [-0.39, 0.29) is 73.9 Å². The Labute approximate surface area is 607 Å². The number of phenols is 2. The van der Waals surface area contributed by atoms with Crippen LogP contribution >= 0.6 is 0 Å². The summed E-state index contributed by atoms with van der Waals surface area (Å²) in [6.07, 6.45) is -2.20. The van der Waals surface area contributed by atoms with Gasteiger partial charge in [0.25, 0.3) is 0 Å². The molecular formula is C72H86N18O16. The van der Waals surface area contributed by atoms with Crippen LogP contribution in [0.2, 0.25) is 0 Å². The molecule has 34 heteroatoms. The van der Waals surface area contributed by atoms with Gasteiger partial charge in [0.05, 0.1) is 30.9 Å². The summed E-state index contributed by atoms with van der Waals surface area (Å²) in [6.45, 7) is 1.61. The molecular weight excluding hydrogens is 1370 g/mol. The number of aliphatic carboxylic acids is 1. The molecule has 2 aliphatic heterocycles. The van der Waals surface area contributed by atoms with E-state index in [1.165, 1.54) is 61.1 Å². The molecule has 1 aromatic heterocycles. The number of hydrogen-bond acceptors (Lipinski definition) is 18. The number of phenolic OH excluding ortho intramolecular Hbond substituents is 2. The van der Waals surface area contributed by atoms with Crippen LogP contribution in [0.25, 0.3) is 0 Å². The van der Waals surface area contributed by atoms with Crippen LogP contribution in [0, 0.1) is 0 Å². The minimum atomic E-state index is -3.18. The van der Waals surface area contributed by atoms with Crippen molar-refractivity contribution in [2.45, 2.75) is 151 Å². The van der Waals surface area contributed by atoms with Gasteiger partial charge in [0, 0.05) is 51.4 Å². The number of H-pyrrole nitrogens is 1. The Bertz CT molecular complexity index is 4200. The number of aromatic hydroxyl groups is 2. The Hall–Kier alpha value is -12.8. The SMILES string of the molecule is C[C@@H]1NC(=O)[C@H](CC(N)=O)NC(=O)[C@@H]2Cc3ccccc3CN2C(=O)[C@H](CCCN=C(N)N)NC(=O)[C@@H](Cc2ccccc2)NC(=O)[C@H](Cc2c[nH]cn2)NC(=O)[C@@H](NC(=O)[C@@H](N)Cc2ccc(O)cc2)CC(=O)N([C@@H](Cc2ccc(O)cc2)C(N)=O)[C@@](C)(C(=O)O)NC(=O)[C@H](Cc2ccccc2)NC1=O. The number of amides is 12. The first-order valence-electron chi connectivity index (χ1n) is 33.8. The highest BCUT2D eigenvalue weighted by molar-refractivity contribution is 6.02. The zero-order valence-electron chi connectivity index (χ0n) is 57.9. The Kier molecular flexibility index (Phi) is 27.1. The number of aliphatic imine (C=N–C) groups is 1. The Morgan fingerprint density at radius 2 is 1.12 bits per heavy atom. The van der Waals surface area contributed by atoms with Gasteiger partial charge in [-0.2, -0.15) is 0 Å². The number of nitrogens with one attached hydrogen (secondary N) is 9. The number of nitrogens with two attached hydrogens (primary N) is 5. The topological polar surface area (TPSA) is 556 Å². The van der Waals surface area contributed by atoms with E-state index in [0.717, 1.165) is 18.7 Å². The van der Waals surface area contributed by atoms with E-state index in [9.17, 15) is 44.1 Å². The molecule has 2 aliphatic rings. The molecule has 11 atom stereocenters. The number of nitrogens with zero attached hydrogens (tertiary/aromatic N) is 4. The maximum atomic E-state index is 15.9. The summed E-state index contributed by atoms with van der Waals surface area (Å²) in [5.41, 5.74) is 29.1. The summed E-state index contributed by atoms with van der Waals surface area (Å²) in [5.74, 6) is -16.9. The quantitative estimate of drug-likeness (QED) is 0.0193. The van der Waals surface area contributed by atoms with Crippen LogP contribution < -0.4 is 71.2 Å². The zero-order chi connectivity index (χ0) is 76.9. The van der Waals surface area contributed by atoms with E-state index in [1.807, 2.05) is 0 Å². The first-order chi connectivity index (χ1) is 50.5. The van der Waals surface area contributed by atoms with Crippen molar-refractivity contribution < 1.29 is 77.6 Å². The first-order valence-corrected chi connectivity index (χ1v) is 33.8. The summed E-state index contributed by atoms with van der Waals surface area (Å²) in [6, 6.07) is 15.5. The number of imidazole rings is 1. The van der Waals surface area contributed by atoms with E-state index >= 15 is 33.6 Å². The predicted octanol–water partition coefficient (Wildman–Crippen LogP) is -3.04. The number of carboxylic acids is 1. The predicted molar refractivity (Wildman–Crippen MR) is 380 cm³/mol. The van der Waals surface area contributed by atoms with Gasteiger partial charge in [-0.25, -0.2) is 9.78 Å². The number of carbonyl (C=O) groups is 13. The van der Waals surface area contributed by atoms with Gasteiger partial charge in [0.15, 0.2) is 5.96 Å². The summed E-state index contributed by atoms with van der Waals surface area (Å²) in [5, 5.41) is 52.0. The number of carbonyl (C=O) groups excluding carboxylic acids is 12. The van der Waals surface area contributed by atoms with Crippen molar-refractivity contribution in [1.29, 1.82) is 0 Å². The molecule has 0 bridgehead atoms. The average Bonchev–Trinajstić information content (AvgIpc) is 0.826. The maximum absolute atomic E-state index is 15.9. The Morgan fingerprint density at radius 1 is 0.604 bits per heavy atom. The number of guanidine groups is 1. The second-order valence-corrected chi connectivity index (χ2v) is 25.9. The highest BCUT2D eigenvalue weighted by atomic mass is 16.4. The van der Waals surface area contributed by atoms with Crippen LogP contribution in [0.15, 0.2) is 151 Å². The van der Waals surface area contributed by atoms with Gasteiger partial charge in [-0.15, -0.1) is 0 Å². The van der Waals surface area contributed by atoms with Crippen LogP contribution in [0.5, 0.6) is 11.5 Å². The van der Waals surface area contributed by atoms with E-state index in [0.29, 0.717) is 32.7 Å². The molecule has 22 N–H and O–H groups in total. The minimum absolute atomic E-state index is 0.0183. The summed E-state index contributed by atoms with van der Waals surface area (Å²) in [4.78, 5) is 205. The molecule has 34 nitrogen and oxygen atoms in total. The van der Waals surface area contributed by atoms with E-state index in [1.54, 1.807) is 84.9 Å². The summed E-state index contributed by atoms with van der Waals surface area (Å²) < 4.78 is 0. The van der Waals surface area contributed by atoms with Crippen molar-refractivity contribution in [3.05, 3.63) is 185 Å². The largest absolute Gasteiger partial charge is 0.508 e. The highest BCUT2D eigenvalue weighted by Gasteiger charge is 2.51. The molecule has 6 aromatic rings. The lowest BCUT2D eigenvalue weighted by molar-refractivity contribution is -0.168. The average molecular weight is 1460 g/mol. The van der Waals surface area contributed by atoms with Crippen molar-refractivity contribution in [1.82, 2.24) is 62.3 Å². The molecule has 3 heterocycles. The number of fused-ring (bicyclic) bond motifs is 2. The third-order valence-corrected chi connectivity index (χ3v) is 17.9. The molecule has 5 aromatic carbocycles. The normalized spacial score (nSPS) is 22.4. The molecule has 0 radical (unpaired) electrons. The van der Waals surface area contributed by atoms with Crippen LogP contribution in [0.3, 0.4) is 0 Å². The third-order valence-electron chi connectivity index (χ3n) is 17.9. The van der Waals surface area contributed by atoms with Crippen LogP contribution in [0.1, 0.15) is 78.6 Å². The minimum Gasteiger partial charge on any atom is -0.508 e. The fourth-order valence-corrected chi connectivity index (χ4v) is 12.3. The van der Waals surface area contributed by atoms with Crippen molar-refractivity contribution in [2.24, 2.45) is 33.7 Å². The molecule has 0 spiro atoms. The second kappa shape index (κ2) is 36.4. The lowest BCUT2D eigenvalue weighted by Gasteiger charge is -2.43. The summed E-state index contributed by atoms with van der Waals surface area (Å²) >= 11 is 0. The van der Waals surface area contributed by atoms with Crippen molar-refractivity contribution in [3.8, 4) is 11.5 Å². The standard InChI is InChI=1S/C72H86N18O16/c1-39-61(96)83-52(30-41-14-7-4-8-15-41)67(102)88-72(2,70(105)106)90(56(60(75)95)31-43-21-25-48(92)26-22-43)59(94)35-55(84-62(97)49(73)28-42-19-23-47(91)24-20-42)66(101)86-53(33-46-36-78-38-80-46)65(100)85-51(29-40-12-5-3-6-13-40)64(99)82-50(18-11-27-79-71(76)77)69(104)89-37-45-17-10-9-16-44(45)32-57(89)68(103)87-54(34-58(74)93)63(98)81-39/h3-10,12-17,19-26,36,38-39,49-57,91-92H,11,18,27-35,37,73H2,1-2H3,(H2,74,93)(H2,75,95)(H,78,80)(H,81,98)(H,82,99)(H,83,96)(H,84,97)(H,85,100)(H,86,101)(H,87,103)(H,88,102)(H,105,106)(H4,76,77,79)/t39-,49-,50-,51+,52-,53-,54-,55-,56-,57-,72-/m0/s1. The maximum Gasteiger partial charge on any atom is 0.350 e. The molecule has 12 amide bonds. The van der Waals surface area contributed by atoms with Gasteiger partial charge < -0.3 is 96.4 Å². The smallest absolute Gasteiger partial charge is 0.350 e. The summed E-state index contributed by atoms with van der Waals surface area (Å²) in [7, 11) is 0. The van der Waals surface area contributed by atoms with Crippen molar-refractivity contribution in [2.75, 3.05) is 6.54 Å². The van der Waals surface area contributed by atoms with Gasteiger partial charge in [-0.1, -0.05) is 109 Å². The third kappa shape index (κ3) is 21.7. The molecule has 106 heavy (non-hydrogen) atoms. The first kappa shape index (κ1) is 79.0. The number of carboxylic acid groups (broad SMARTS) is 1. The van der Waals surface area contributed by atoms with Crippen molar-refractivity contribution in [3.63, 3.8) is 0 Å². The lowest BCUT2D eigenvalue weighted by Crippen LogP contribution is -2.72. The number of rotatable bonds is 21. The van der Waals surface area contributed by atoms with E-state index in [2.05, 4.69) is 57.5 Å². The molecule has 0 unspecified atom stereocenters. The molecule has 560 valence electrons. The molecule has 0 aliphatic carbocycles. The number of benzene rings is 5. The van der Waals surface area contributed by atoms with Crippen LogP contribution in [-0.4, -0.2) is 191 Å². The van der Waals surface area contributed by atoms with E-state index < -0.39 is 175 Å². The highest BCUT2D eigenvalue weighted by Crippen LogP contribution is 2.28. The molecule has 1 saturated heterocycles. The van der Waals surface area contributed by atoms with Gasteiger partial charge in [-0.3, -0.25) is 67.4 Å². The molecule has 8 rings (SSSR count). The number of primary amides is 2. The molecule has 1 fully saturated rings.